The zero-order valence-electron chi connectivity index (χ0n) is 12.6. The fraction of sp³-hybridized carbons (Fsp3) is 0.611. The van der Waals surface area contributed by atoms with Crippen LogP contribution in [0.25, 0.3) is 0 Å². The molecule has 1 fully saturated rings. The zero-order valence-corrected chi connectivity index (χ0v) is 12.6. The van der Waals surface area contributed by atoms with E-state index in [4.69, 9.17) is 5.26 Å². The summed E-state index contributed by atoms with van der Waals surface area (Å²) in [4.78, 5) is 0. The lowest BCUT2D eigenvalue weighted by molar-refractivity contribution is 0.279. The molecule has 1 aliphatic carbocycles. The predicted octanol–water partition coefficient (Wildman–Crippen LogP) is 4.05. The Morgan fingerprint density at radius 3 is 2.45 bits per heavy atom. The summed E-state index contributed by atoms with van der Waals surface area (Å²) in [7, 11) is 0. The van der Waals surface area contributed by atoms with E-state index in [0.717, 1.165) is 30.5 Å². The summed E-state index contributed by atoms with van der Waals surface area (Å²) in [5, 5.41) is 12.4. The summed E-state index contributed by atoms with van der Waals surface area (Å²) < 4.78 is 0. The lowest BCUT2D eigenvalue weighted by Gasteiger charge is -2.29. The number of nitrogens with one attached hydrogen (secondary N) is 1. The minimum atomic E-state index is 0.760. The molecule has 2 nitrogen and oxygen atoms in total. The highest BCUT2D eigenvalue weighted by Crippen LogP contribution is 2.28. The van der Waals surface area contributed by atoms with E-state index in [-0.39, 0.29) is 0 Å². The maximum atomic E-state index is 8.78. The maximum Gasteiger partial charge on any atom is 0.0991 e. The molecule has 2 heteroatoms. The molecular formula is C18H26N2. The van der Waals surface area contributed by atoms with Crippen molar-refractivity contribution in [1.29, 1.82) is 5.26 Å². The van der Waals surface area contributed by atoms with E-state index in [9.17, 15) is 0 Å². The van der Waals surface area contributed by atoms with Gasteiger partial charge in [0.05, 0.1) is 11.6 Å². The molecule has 0 heterocycles. The van der Waals surface area contributed by atoms with Crippen molar-refractivity contribution in [2.45, 2.75) is 57.9 Å². The molecule has 0 bridgehead atoms. The van der Waals surface area contributed by atoms with Gasteiger partial charge in [-0.05, 0) is 68.7 Å². The van der Waals surface area contributed by atoms with Gasteiger partial charge in [0, 0.05) is 6.04 Å². The minimum Gasteiger partial charge on any atom is -0.314 e. The molecule has 1 aromatic carbocycles. The zero-order chi connectivity index (χ0) is 14.2. The van der Waals surface area contributed by atoms with Crippen LogP contribution in [0.5, 0.6) is 0 Å². The molecule has 0 amide bonds. The second-order valence-corrected chi connectivity index (χ2v) is 5.98. The van der Waals surface area contributed by atoms with Crippen LogP contribution in [0.1, 0.15) is 56.6 Å². The average molecular weight is 270 g/mol. The molecular weight excluding hydrogens is 244 g/mol. The van der Waals surface area contributed by atoms with E-state index in [1.807, 2.05) is 12.1 Å². The molecule has 1 saturated carbocycles. The van der Waals surface area contributed by atoms with Crippen molar-refractivity contribution in [3.8, 4) is 6.07 Å². The van der Waals surface area contributed by atoms with Gasteiger partial charge in [0.1, 0.15) is 0 Å². The van der Waals surface area contributed by atoms with Crippen LogP contribution in [0.15, 0.2) is 24.3 Å². The van der Waals surface area contributed by atoms with Gasteiger partial charge in [0.25, 0.3) is 0 Å². The molecule has 1 N–H and O–H groups in total. The van der Waals surface area contributed by atoms with Crippen LogP contribution in [0.3, 0.4) is 0 Å². The first-order chi connectivity index (χ1) is 9.81. The molecule has 0 radical (unpaired) electrons. The normalized spacial score (nSPS) is 22.4. The fourth-order valence-electron chi connectivity index (χ4n) is 3.28. The third-order valence-corrected chi connectivity index (χ3v) is 4.50. The second-order valence-electron chi connectivity index (χ2n) is 5.98. The number of nitriles is 1. The highest BCUT2D eigenvalue weighted by molar-refractivity contribution is 5.31. The van der Waals surface area contributed by atoms with Gasteiger partial charge in [-0.15, -0.1) is 0 Å². The summed E-state index contributed by atoms with van der Waals surface area (Å²) in [5.74, 6) is 0.934. The first kappa shape index (κ1) is 15.1. The molecule has 0 aliphatic heterocycles. The van der Waals surface area contributed by atoms with Crippen LogP contribution in [0, 0.1) is 17.2 Å². The molecule has 20 heavy (non-hydrogen) atoms. The van der Waals surface area contributed by atoms with Gasteiger partial charge in [-0.3, -0.25) is 0 Å². The van der Waals surface area contributed by atoms with E-state index in [1.165, 1.54) is 44.1 Å². The maximum absolute atomic E-state index is 8.78. The van der Waals surface area contributed by atoms with E-state index >= 15 is 0 Å². The third-order valence-electron chi connectivity index (χ3n) is 4.50. The standard InChI is InChI=1S/C18H26N2/c1-2-20-18-12-10-16(11-13-18)5-3-4-15-6-8-17(14-19)9-7-15/h6-9,16,18,20H,2-5,10-13H2,1H3. The van der Waals surface area contributed by atoms with Gasteiger partial charge in [0.15, 0.2) is 0 Å². The van der Waals surface area contributed by atoms with Crippen LogP contribution in [0.2, 0.25) is 0 Å². The number of hydrogen-bond acceptors (Lipinski definition) is 2. The Morgan fingerprint density at radius 1 is 1.15 bits per heavy atom. The van der Waals surface area contributed by atoms with Crippen molar-refractivity contribution in [2.24, 2.45) is 5.92 Å². The number of hydrogen-bond donors (Lipinski definition) is 1. The van der Waals surface area contributed by atoms with Crippen molar-refractivity contribution in [1.82, 2.24) is 5.32 Å². The summed E-state index contributed by atoms with van der Waals surface area (Å²) in [6.45, 7) is 3.30. The Kier molecular flexibility index (Phi) is 6.08. The largest absolute Gasteiger partial charge is 0.314 e. The number of aryl methyl sites for hydroxylation is 1. The Labute approximate surface area is 123 Å². The van der Waals surface area contributed by atoms with E-state index in [2.05, 4.69) is 30.4 Å². The number of nitrogens with zero attached hydrogens (tertiary/aromatic N) is 1. The quantitative estimate of drug-likeness (QED) is 0.846. The van der Waals surface area contributed by atoms with Gasteiger partial charge in [-0.2, -0.15) is 5.26 Å². The molecule has 0 unspecified atom stereocenters. The van der Waals surface area contributed by atoms with Gasteiger partial charge >= 0.3 is 0 Å². The van der Waals surface area contributed by atoms with Crippen LogP contribution in [0.4, 0.5) is 0 Å². The number of rotatable bonds is 6. The van der Waals surface area contributed by atoms with Gasteiger partial charge in [-0.1, -0.05) is 25.5 Å². The predicted molar refractivity (Wildman–Crippen MR) is 83.5 cm³/mol. The highest BCUT2D eigenvalue weighted by Gasteiger charge is 2.19. The Bertz CT molecular complexity index is 422. The van der Waals surface area contributed by atoms with E-state index < -0.39 is 0 Å². The van der Waals surface area contributed by atoms with Crippen molar-refractivity contribution in [3.63, 3.8) is 0 Å². The first-order valence-electron chi connectivity index (χ1n) is 8.04. The van der Waals surface area contributed by atoms with Crippen molar-refractivity contribution in [2.75, 3.05) is 6.54 Å². The van der Waals surface area contributed by atoms with Crippen LogP contribution < -0.4 is 5.32 Å². The fourth-order valence-corrected chi connectivity index (χ4v) is 3.28. The lowest BCUT2D eigenvalue weighted by Crippen LogP contribution is -2.32. The van der Waals surface area contributed by atoms with Gasteiger partial charge < -0.3 is 5.32 Å². The SMILES string of the molecule is CCNC1CCC(CCCc2ccc(C#N)cc2)CC1. The first-order valence-corrected chi connectivity index (χ1v) is 8.04. The molecule has 0 atom stereocenters. The molecule has 0 saturated heterocycles. The van der Waals surface area contributed by atoms with Crippen molar-refractivity contribution in [3.05, 3.63) is 35.4 Å². The van der Waals surface area contributed by atoms with Crippen LogP contribution >= 0.6 is 0 Å². The summed E-state index contributed by atoms with van der Waals surface area (Å²) >= 11 is 0. The monoisotopic (exact) mass is 270 g/mol. The Hall–Kier alpha value is -1.33. The number of benzene rings is 1. The third kappa shape index (κ3) is 4.65. The molecule has 2 rings (SSSR count). The lowest BCUT2D eigenvalue weighted by atomic mass is 9.83. The van der Waals surface area contributed by atoms with Crippen LogP contribution in [-0.4, -0.2) is 12.6 Å². The molecule has 1 aliphatic rings. The molecule has 108 valence electrons. The topological polar surface area (TPSA) is 35.8 Å². The van der Waals surface area contributed by atoms with E-state index in [0.29, 0.717) is 0 Å². The Balaban J connectivity index is 1.65. The van der Waals surface area contributed by atoms with Crippen molar-refractivity contribution < 1.29 is 0 Å². The minimum absolute atomic E-state index is 0.760. The summed E-state index contributed by atoms with van der Waals surface area (Å²) in [6.07, 6.45) is 9.29. The molecule has 0 spiro atoms. The highest BCUT2D eigenvalue weighted by atomic mass is 14.9. The Morgan fingerprint density at radius 2 is 1.85 bits per heavy atom. The molecule has 1 aromatic rings. The average Bonchev–Trinajstić information content (AvgIpc) is 2.50. The van der Waals surface area contributed by atoms with Gasteiger partial charge in [-0.25, -0.2) is 0 Å². The van der Waals surface area contributed by atoms with E-state index in [1.54, 1.807) is 0 Å². The second kappa shape index (κ2) is 8.07. The summed E-state index contributed by atoms with van der Waals surface area (Å²) in [5.41, 5.74) is 2.13. The summed E-state index contributed by atoms with van der Waals surface area (Å²) in [6, 6.07) is 11.0. The molecule has 0 aromatic heterocycles. The van der Waals surface area contributed by atoms with Gasteiger partial charge in [0.2, 0.25) is 0 Å². The smallest absolute Gasteiger partial charge is 0.0991 e. The van der Waals surface area contributed by atoms with Crippen LogP contribution in [-0.2, 0) is 6.42 Å². The van der Waals surface area contributed by atoms with Crippen molar-refractivity contribution >= 4 is 0 Å².